The van der Waals surface area contributed by atoms with Gasteiger partial charge in [0.15, 0.2) is 0 Å². The van der Waals surface area contributed by atoms with Crippen LogP contribution >= 0.6 is 15.9 Å². The molecule has 2 unspecified atom stereocenters. The fourth-order valence-corrected chi connectivity index (χ4v) is 3.05. The molecule has 0 spiro atoms. The van der Waals surface area contributed by atoms with Crippen molar-refractivity contribution in [2.24, 2.45) is 11.8 Å². The fraction of sp³-hybridized carbons (Fsp3) is 0.429. The number of rotatable bonds is 2. The molecule has 108 valence electrons. The maximum absolute atomic E-state index is 13.1. The number of benzene rings is 1. The molecule has 2 rings (SSSR count). The van der Waals surface area contributed by atoms with E-state index in [2.05, 4.69) is 15.9 Å². The van der Waals surface area contributed by atoms with E-state index in [1.165, 1.54) is 23.1 Å². The molecular weight excluding hydrogens is 329 g/mol. The average Bonchev–Trinajstić information content (AvgIpc) is 2.37. The van der Waals surface area contributed by atoms with Crippen LogP contribution in [0.3, 0.4) is 0 Å². The zero-order chi connectivity index (χ0) is 14.9. The number of piperidine rings is 1. The largest absolute Gasteiger partial charge is 0.481 e. The van der Waals surface area contributed by atoms with Crippen LogP contribution in [-0.2, 0) is 4.79 Å². The highest BCUT2D eigenvalue weighted by atomic mass is 79.9. The summed E-state index contributed by atoms with van der Waals surface area (Å²) < 4.78 is 13.4. The normalized spacial score (nSPS) is 22.6. The molecule has 1 aromatic rings. The number of hydrogen-bond acceptors (Lipinski definition) is 2. The Balaban J connectivity index is 2.21. The van der Waals surface area contributed by atoms with Crippen LogP contribution in [0.5, 0.6) is 0 Å². The monoisotopic (exact) mass is 343 g/mol. The first-order chi connectivity index (χ1) is 9.38. The van der Waals surface area contributed by atoms with Crippen molar-refractivity contribution in [2.45, 2.75) is 13.3 Å². The molecule has 1 fully saturated rings. The molecule has 1 aliphatic heterocycles. The summed E-state index contributed by atoms with van der Waals surface area (Å²) in [4.78, 5) is 25.1. The van der Waals surface area contributed by atoms with E-state index in [1.807, 2.05) is 6.92 Å². The Labute approximate surface area is 124 Å². The summed E-state index contributed by atoms with van der Waals surface area (Å²) >= 11 is 3.17. The molecule has 6 heteroatoms. The number of carbonyl (C=O) groups excluding carboxylic acids is 1. The molecule has 0 aromatic heterocycles. The first-order valence-electron chi connectivity index (χ1n) is 6.35. The predicted octanol–water partition coefficient (Wildman–Crippen LogP) is 2.77. The molecule has 1 amide bonds. The summed E-state index contributed by atoms with van der Waals surface area (Å²) in [6.45, 7) is 2.64. The Kier molecular flexibility index (Phi) is 4.42. The van der Waals surface area contributed by atoms with Gasteiger partial charge >= 0.3 is 5.97 Å². The van der Waals surface area contributed by atoms with Crippen LogP contribution in [0.25, 0.3) is 0 Å². The quantitative estimate of drug-likeness (QED) is 0.898. The molecule has 1 N–H and O–H groups in total. The molecule has 0 aliphatic carbocycles. The van der Waals surface area contributed by atoms with Crippen LogP contribution in [-0.4, -0.2) is 35.0 Å². The molecule has 1 saturated heterocycles. The lowest BCUT2D eigenvalue weighted by atomic mass is 9.90. The SMILES string of the molecule is CC1CC(C(=O)O)CN(C(=O)c2ccc(F)cc2Br)C1. The van der Waals surface area contributed by atoms with Crippen LogP contribution in [0.2, 0.25) is 0 Å². The van der Waals surface area contributed by atoms with Gasteiger partial charge < -0.3 is 10.0 Å². The number of aliphatic carboxylic acids is 1. The minimum atomic E-state index is -0.882. The smallest absolute Gasteiger partial charge is 0.308 e. The number of carboxylic acid groups (broad SMARTS) is 1. The van der Waals surface area contributed by atoms with E-state index in [0.29, 0.717) is 23.0 Å². The Morgan fingerprint density at radius 2 is 2.10 bits per heavy atom. The van der Waals surface area contributed by atoms with Gasteiger partial charge in [-0.05, 0) is 46.5 Å². The molecule has 1 aromatic carbocycles. The zero-order valence-corrected chi connectivity index (χ0v) is 12.6. The predicted molar refractivity (Wildman–Crippen MR) is 74.9 cm³/mol. The van der Waals surface area contributed by atoms with Crippen LogP contribution in [0.4, 0.5) is 4.39 Å². The van der Waals surface area contributed by atoms with Crippen molar-refractivity contribution in [3.8, 4) is 0 Å². The standard InChI is InChI=1S/C14H15BrFNO3/c1-8-4-9(14(19)20)7-17(6-8)13(18)11-3-2-10(16)5-12(11)15/h2-3,5,8-9H,4,6-7H2,1H3,(H,19,20). The molecule has 2 atom stereocenters. The number of nitrogens with zero attached hydrogens (tertiary/aromatic N) is 1. The maximum Gasteiger partial charge on any atom is 0.308 e. The molecule has 0 radical (unpaired) electrons. The lowest BCUT2D eigenvalue weighted by molar-refractivity contribution is -0.143. The molecule has 0 saturated carbocycles. The van der Waals surface area contributed by atoms with Gasteiger partial charge in [-0.15, -0.1) is 0 Å². The van der Waals surface area contributed by atoms with E-state index in [4.69, 9.17) is 5.11 Å². The van der Waals surface area contributed by atoms with Crippen LogP contribution in [0, 0.1) is 17.7 Å². The summed E-state index contributed by atoms with van der Waals surface area (Å²) in [6, 6.07) is 3.87. The van der Waals surface area contributed by atoms with Gasteiger partial charge in [-0.3, -0.25) is 9.59 Å². The summed E-state index contributed by atoms with van der Waals surface area (Å²) in [5.74, 6) is -1.99. The second kappa shape index (κ2) is 5.91. The van der Waals surface area contributed by atoms with E-state index >= 15 is 0 Å². The first-order valence-corrected chi connectivity index (χ1v) is 7.15. The van der Waals surface area contributed by atoms with Gasteiger partial charge in [0.25, 0.3) is 5.91 Å². The number of carboxylic acids is 1. The molecule has 1 aliphatic rings. The van der Waals surface area contributed by atoms with Crippen molar-refractivity contribution < 1.29 is 19.1 Å². The maximum atomic E-state index is 13.1. The third kappa shape index (κ3) is 3.17. The number of amides is 1. The Bertz CT molecular complexity index is 549. The van der Waals surface area contributed by atoms with Crippen molar-refractivity contribution >= 4 is 27.8 Å². The Hall–Kier alpha value is -1.43. The molecular formula is C14H15BrFNO3. The summed E-state index contributed by atoms with van der Waals surface area (Å²) in [5, 5.41) is 9.12. The van der Waals surface area contributed by atoms with E-state index in [0.717, 1.165) is 0 Å². The zero-order valence-electron chi connectivity index (χ0n) is 11.0. The minimum absolute atomic E-state index is 0.132. The highest BCUT2D eigenvalue weighted by molar-refractivity contribution is 9.10. The number of hydrogen-bond donors (Lipinski definition) is 1. The Morgan fingerprint density at radius 1 is 1.40 bits per heavy atom. The van der Waals surface area contributed by atoms with Gasteiger partial charge in [0, 0.05) is 17.6 Å². The highest BCUT2D eigenvalue weighted by Gasteiger charge is 2.32. The van der Waals surface area contributed by atoms with Gasteiger partial charge in [-0.25, -0.2) is 4.39 Å². The third-order valence-electron chi connectivity index (χ3n) is 3.46. The topological polar surface area (TPSA) is 57.6 Å². The summed E-state index contributed by atoms with van der Waals surface area (Å²) in [5.41, 5.74) is 0.352. The molecule has 0 bridgehead atoms. The van der Waals surface area contributed by atoms with Crippen molar-refractivity contribution in [1.82, 2.24) is 4.90 Å². The van der Waals surface area contributed by atoms with Gasteiger partial charge in [0.05, 0.1) is 11.5 Å². The summed E-state index contributed by atoms with van der Waals surface area (Å²) in [7, 11) is 0. The van der Waals surface area contributed by atoms with E-state index in [1.54, 1.807) is 0 Å². The van der Waals surface area contributed by atoms with Gasteiger partial charge in [-0.1, -0.05) is 6.92 Å². The second-order valence-corrected chi connectivity index (χ2v) is 6.06. The third-order valence-corrected chi connectivity index (χ3v) is 4.11. The van der Waals surface area contributed by atoms with Crippen LogP contribution < -0.4 is 0 Å². The summed E-state index contributed by atoms with van der Waals surface area (Å²) in [6.07, 6.45) is 0.573. The van der Waals surface area contributed by atoms with Crippen molar-refractivity contribution in [1.29, 1.82) is 0 Å². The van der Waals surface area contributed by atoms with Crippen LogP contribution in [0.1, 0.15) is 23.7 Å². The first kappa shape index (κ1) is 15.0. The second-order valence-electron chi connectivity index (χ2n) is 5.21. The lowest BCUT2D eigenvalue weighted by Crippen LogP contribution is -2.45. The number of carbonyl (C=O) groups is 2. The highest BCUT2D eigenvalue weighted by Crippen LogP contribution is 2.26. The molecule has 1 heterocycles. The van der Waals surface area contributed by atoms with Crippen LogP contribution in [0.15, 0.2) is 22.7 Å². The van der Waals surface area contributed by atoms with Crippen molar-refractivity contribution in [3.05, 3.63) is 34.1 Å². The molecule has 20 heavy (non-hydrogen) atoms. The minimum Gasteiger partial charge on any atom is -0.481 e. The number of likely N-dealkylation sites (tertiary alicyclic amines) is 1. The lowest BCUT2D eigenvalue weighted by Gasteiger charge is -2.34. The van der Waals surface area contributed by atoms with E-state index in [9.17, 15) is 14.0 Å². The van der Waals surface area contributed by atoms with Gasteiger partial charge in [0.2, 0.25) is 0 Å². The number of halogens is 2. The van der Waals surface area contributed by atoms with Gasteiger partial charge in [-0.2, -0.15) is 0 Å². The molecule has 4 nitrogen and oxygen atoms in total. The average molecular weight is 344 g/mol. The van der Waals surface area contributed by atoms with E-state index in [-0.39, 0.29) is 18.4 Å². The Morgan fingerprint density at radius 3 is 2.70 bits per heavy atom. The van der Waals surface area contributed by atoms with Gasteiger partial charge in [0.1, 0.15) is 5.82 Å². The van der Waals surface area contributed by atoms with E-state index < -0.39 is 17.7 Å². The van der Waals surface area contributed by atoms with Crippen molar-refractivity contribution in [3.63, 3.8) is 0 Å². The van der Waals surface area contributed by atoms with Crippen molar-refractivity contribution in [2.75, 3.05) is 13.1 Å². The fourth-order valence-electron chi connectivity index (χ4n) is 2.53.